The van der Waals surface area contributed by atoms with E-state index >= 15 is 0 Å². The lowest BCUT2D eigenvalue weighted by Crippen LogP contribution is -2.71. The van der Waals surface area contributed by atoms with E-state index in [9.17, 15) is 14.7 Å². The maximum atomic E-state index is 13.6. The normalized spacial score (nSPS) is 25.6. The molecule has 1 heterocycles. The Morgan fingerprint density at radius 3 is 2.50 bits per heavy atom. The topological polar surface area (TPSA) is 94.5 Å². The molecule has 1 aliphatic heterocycles. The molecule has 34 heavy (non-hydrogen) atoms. The number of likely N-dealkylation sites (tertiary alicyclic amines) is 1. The highest BCUT2D eigenvalue weighted by molar-refractivity contribution is 5.89. The number of carbonyl (C=O) groups excluding carboxylic acids is 2. The molecule has 0 aromatic heterocycles. The third-order valence-electron chi connectivity index (χ3n) is 6.11. The fourth-order valence-corrected chi connectivity index (χ4v) is 4.56. The summed E-state index contributed by atoms with van der Waals surface area (Å²) in [7, 11) is 0. The number of hydrogen-bond acceptors (Lipinski definition) is 7. The van der Waals surface area contributed by atoms with Crippen LogP contribution in [0.1, 0.15) is 53.5 Å². The van der Waals surface area contributed by atoms with E-state index in [-0.39, 0.29) is 26.4 Å². The van der Waals surface area contributed by atoms with Gasteiger partial charge in [0.05, 0.1) is 19.3 Å². The predicted octanol–water partition coefficient (Wildman–Crippen LogP) is 4.06. The van der Waals surface area contributed by atoms with Crippen molar-refractivity contribution in [3.05, 3.63) is 48.6 Å². The molecule has 1 amide bonds. The Balaban J connectivity index is 2.41. The molecule has 4 atom stereocenters. The van der Waals surface area contributed by atoms with Crippen LogP contribution < -0.4 is 0 Å². The Morgan fingerprint density at radius 2 is 1.94 bits per heavy atom. The van der Waals surface area contributed by atoms with Crippen molar-refractivity contribution in [1.82, 2.24) is 4.90 Å². The van der Waals surface area contributed by atoms with Crippen LogP contribution in [0.5, 0.6) is 0 Å². The molecule has 0 spiro atoms. The second-order valence-electron chi connectivity index (χ2n) is 9.66. The molecule has 2 rings (SSSR count). The molecule has 1 aromatic rings. The van der Waals surface area contributed by atoms with E-state index in [0.717, 1.165) is 5.56 Å². The Hall–Kier alpha value is -2.42. The van der Waals surface area contributed by atoms with Crippen LogP contribution >= 0.6 is 0 Å². The van der Waals surface area contributed by atoms with Gasteiger partial charge in [0.1, 0.15) is 18.0 Å². The number of rotatable bonds is 10. The van der Waals surface area contributed by atoms with Crippen LogP contribution in [0.25, 0.3) is 0 Å². The second kappa shape index (κ2) is 11.3. The molecule has 190 valence electrons. The van der Waals surface area contributed by atoms with Crippen molar-refractivity contribution < 1.29 is 33.6 Å². The van der Waals surface area contributed by atoms with Crippen LogP contribution in [-0.4, -0.2) is 64.9 Å². The summed E-state index contributed by atoms with van der Waals surface area (Å²) in [5.74, 6) is -1.25. The number of benzene rings is 1. The van der Waals surface area contributed by atoms with Gasteiger partial charge in [-0.2, -0.15) is 0 Å². The number of hydrogen-bond donors (Lipinski definition) is 1. The van der Waals surface area contributed by atoms with E-state index in [1.54, 1.807) is 41.5 Å². The summed E-state index contributed by atoms with van der Waals surface area (Å²) in [6.07, 6.45) is -0.134. The summed E-state index contributed by atoms with van der Waals surface area (Å²) in [4.78, 5) is 28.2. The summed E-state index contributed by atoms with van der Waals surface area (Å²) in [6, 6.07) is 9.58. The minimum Gasteiger partial charge on any atom is -0.464 e. The van der Waals surface area contributed by atoms with Crippen LogP contribution in [-0.2, 0) is 30.3 Å². The monoisotopic (exact) mass is 477 g/mol. The van der Waals surface area contributed by atoms with E-state index < -0.39 is 40.8 Å². The summed E-state index contributed by atoms with van der Waals surface area (Å²) in [6.45, 7) is 14.4. The van der Waals surface area contributed by atoms with Gasteiger partial charge in [0.2, 0.25) is 0 Å². The van der Waals surface area contributed by atoms with Crippen molar-refractivity contribution in [2.75, 3.05) is 19.9 Å². The van der Waals surface area contributed by atoms with Crippen molar-refractivity contribution >= 4 is 12.1 Å². The van der Waals surface area contributed by atoms with E-state index in [0.29, 0.717) is 6.61 Å². The van der Waals surface area contributed by atoms with E-state index in [4.69, 9.17) is 18.9 Å². The molecular formula is C26H39NO7. The Kier molecular flexibility index (Phi) is 9.28. The first-order valence-electron chi connectivity index (χ1n) is 11.7. The van der Waals surface area contributed by atoms with Gasteiger partial charge < -0.3 is 24.1 Å². The van der Waals surface area contributed by atoms with Crippen molar-refractivity contribution in [3.63, 3.8) is 0 Å². The number of aliphatic hydroxyl groups is 1. The fourth-order valence-electron chi connectivity index (χ4n) is 4.56. The first kappa shape index (κ1) is 27.8. The first-order chi connectivity index (χ1) is 15.9. The first-order valence-corrected chi connectivity index (χ1v) is 11.7. The predicted molar refractivity (Wildman–Crippen MR) is 128 cm³/mol. The van der Waals surface area contributed by atoms with Gasteiger partial charge in [-0.05, 0) is 46.6 Å². The van der Waals surface area contributed by atoms with E-state index in [1.165, 1.54) is 11.0 Å². The lowest BCUT2D eigenvalue weighted by Gasteiger charge is -2.47. The molecule has 1 aliphatic rings. The molecule has 0 saturated carbocycles. The summed E-state index contributed by atoms with van der Waals surface area (Å²) >= 11 is 0. The molecule has 0 bridgehead atoms. The number of amides is 1. The third-order valence-corrected chi connectivity index (χ3v) is 6.11. The standard InChI is InChI=1S/C26H39NO7/c1-8-15-25(30)19(3)16-27(23(29)34-24(5,6)7)26(25,22(28)32-9-2)20(4)33-18-31-17-21-13-11-10-12-14-21/h8,10-14,19-20,30H,1,9,15-18H2,2-7H3/t19-,20+,25-,26+/m0/s1. The number of ether oxygens (including phenoxy) is 4. The molecule has 0 unspecified atom stereocenters. The minimum absolute atomic E-state index is 0.0465. The Morgan fingerprint density at radius 1 is 1.29 bits per heavy atom. The van der Waals surface area contributed by atoms with Gasteiger partial charge in [0, 0.05) is 12.5 Å². The SMILES string of the molecule is C=CC[C@]1(O)[C@@H](C)CN(C(=O)OC(C)(C)C)[C@@]1(C(=O)OCC)[C@@H](C)OCOCc1ccccc1. The molecular weight excluding hydrogens is 438 g/mol. The van der Waals surface area contributed by atoms with Gasteiger partial charge in [-0.25, -0.2) is 9.59 Å². The zero-order chi connectivity index (χ0) is 25.6. The minimum atomic E-state index is -1.87. The largest absolute Gasteiger partial charge is 0.464 e. The Labute approximate surface area is 202 Å². The van der Waals surface area contributed by atoms with Crippen LogP contribution in [0.15, 0.2) is 43.0 Å². The lowest BCUT2D eigenvalue weighted by atomic mass is 9.70. The van der Waals surface area contributed by atoms with Gasteiger partial charge >= 0.3 is 12.1 Å². The van der Waals surface area contributed by atoms with Crippen LogP contribution in [0.2, 0.25) is 0 Å². The second-order valence-corrected chi connectivity index (χ2v) is 9.66. The zero-order valence-corrected chi connectivity index (χ0v) is 21.2. The smallest absolute Gasteiger partial charge is 0.411 e. The van der Waals surface area contributed by atoms with E-state index in [1.807, 2.05) is 30.3 Å². The molecule has 1 fully saturated rings. The van der Waals surface area contributed by atoms with Crippen molar-refractivity contribution in [1.29, 1.82) is 0 Å². The van der Waals surface area contributed by atoms with Crippen LogP contribution in [0.3, 0.4) is 0 Å². The van der Waals surface area contributed by atoms with Gasteiger partial charge in [0.25, 0.3) is 0 Å². The molecule has 1 N–H and O–H groups in total. The maximum Gasteiger partial charge on any atom is 0.411 e. The highest BCUT2D eigenvalue weighted by Crippen LogP contribution is 2.49. The van der Waals surface area contributed by atoms with E-state index in [2.05, 4.69) is 6.58 Å². The van der Waals surface area contributed by atoms with Crippen molar-refractivity contribution in [2.24, 2.45) is 5.92 Å². The van der Waals surface area contributed by atoms with Crippen molar-refractivity contribution in [3.8, 4) is 0 Å². The third kappa shape index (κ3) is 5.62. The summed E-state index contributed by atoms with van der Waals surface area (Å²) in [5.41, 5.74) is -3.40. The molecule has 0 radical (unpaired) electrons. The van der Waals surface area contributed by atoms with Gasteiger partial charge in [0.15, 0.2) is 5.54 Å². The molecule has 8 heteroatoms. The average molecular weight is 478 g/mol. The lowest BCUT2D eigenvalue weighted by molar-refractivity contribution is -0.203. The van der Waals surface area contributed by atoms with Gasteiger partial charge in [-0.1, -0.05) is 43.3 Å². The summed E-state index contributed by atoms with van der Waals surface area (Å²) < 4.78 is 22.6. The zero-order valence-electron chi connectivity index (χ0n) is 21.2. The van der Waals surface area contributed by atoms with Crippen LogP contribution in [0.4, 0.5) is 4.79 Å². The molecule has 1 aromatic carbocycles. The summed E-state index contributed by atoms with van der Waals surface area (Å²) in [5, 5.41) is 11.9. The fraction of sp³-hybridized carbons (Fsp3) is 0.615. The van der Waals surface area contributed by atoms with Crippen molar-refractivity contribution in [2.45, 2.75) is 77.4 Å². The van der Waals surface area contributed by atoms with Gasteiger partial charge in [-0.15, -0.1) is 6.58 Å². The maximum absolute atomic E-state index is 13.6. The Bertz CT molecular complexity index is 837. The number of nitrogens with zero attached hydrogens (tertiary/aromatic N) is 1. The number of carbonyl (C=O) groups is 2. The highest BCUT2D eigenvalue weighted by atomic mass is 16.7. The average Bonchev–Trinajstić information content (AvgIpc) is 2.99. The van der Waals surface area contributed by atoms with Crippen LogP contribution in [0, 0.1) is 5.92 Å². The highest BCUT2D eigenvalue weighted by Gasteiger charge is 2.72. The molecule has 1 saturated heterocycles. The van der Waals surface area contributed by atoms with Gasteiger partial charge in [-0.3, -0.25) is 4.90 Å². The number of esters is 1. The quantitative estimate of drug-likeness (QED) is 0.235. The molecule has 8 nitrogen and oxygen atoms in total. The molecule has 0 aliphatic carbocycles.